The van der Waals surface area contributed by atoms with Crippen LogP contribution in [0.15, 0.2) is 72.8 Å². The van der Waals surface area contributed by atoms with Gasteiger partial charge in [0, 0.05) is 35.3 Å². The van der Waals surface area contributed by atoms with E-state index in [1.54, 1.807) is 41.5 Å². The summed E-state index contributed by atoms with van der Waals surface area (Å²) in [4.78, 5) is 33.4. The smallest absolute Gasteiger partial charge is 0.269 e. The number of benzene rings is 3. The molecular weight excluding hydrogens is 501 g/mol. The molecule has 0 radical (unpaired) electrons. The Labute approximate surface area is 219 Å². The number of anilines is 1. The van der Waals surface area contributed by atoms with Crippen LogP contribution < -0.4 is 5.06 Å². The van der Waals surface area contributed by atoms with E-state index in [1.165, 1.54) is 12.1 Å². The third kappa shape index (κ3) is 4.91. The lowest BCUT2D eigenvalue weighted by Crippen LogP contribution is -2.42. The van der Waals surface area contributed by atoms with Crippen LogP contribution in [0, 0.1) is 16.0 Å². The first kappa shape index (κ1) is 24.6. The Morgan fingerprint density at radius 1 is 0.833 bits per heavy atom. The van der Waals surface area contributed by atoms with E-state index in [-0.39, 0.29) is 11.6 Å². The van der Waals surface area contributed by atoms with Crippen molar-refractivity contribution in [1.82, 2.24) is 4.90 Å². The summed E-state index contributed by atoms with van der Waals surface area (Å²) < 4.78 is 0. The van der Waals surface area contributed by atoms with Crippen LogP contribution in [-0.2, 0) is 9.63 Å². The van der Waals surface area contributed by atoms with Crippen molar-refractivity contribution in [2.24, 2.45) is 5.92 Å². The molecule has 2 saturated heterocycles. The summed E-state index contributed by atoms with van der Waals surface area (Å²) in [6, 6.07) is 20.4. The predicted octanol–water partition coefficient (Wildman–Crippen LogP) is 6.76. The number of amides is 1. The Kier molecular flexibility index (Phi) is 7.14. The van der Waals surface area contributed by atoms with Crippen LogP contribution in [0.25, 0.3) is 0 Å². The molecule has 2 aliphatic heterocycles. The van der Waals surface area contributed by atoms with Crippen molar-refractivity contribution in [3.63, 3.8) is 0 Å². The fourth-order valence-electron chi connectivity index (χ4n) is 5.02. The number of nitro groups is 1. The minimum absolute atomic E-state index is 0.00877. The monoisotopic (exact) mass is 525 g/mol. The van der Waals surface area contributed by atoms with Gasteiger partial charge >= 0.3 is 0 Å². The molecule has 36 heavy (non-hydrogen) atoms. The molecule has 0 saturated carbocycles. The summed E-state index contributed by atoms with van der Waals surface area (Å²) in [5, 5.41) is 14.2. The van der Waals surface area contributed by atoms with Gasteiger partial charge in [0.15, 0.2) is 0 Å². The lowest BCUT2D eigenvalue weighted by Gasteiger charge is -2.33. The fraction of sp³-hybridized carbons (Fsp3) is 0.296. The van der Waals surface area contributed by atoms with Gasteiger partial charge in [0.1, 0.15) is 6.10 Å². The number of carbonyl (C=O) groups is 1. The molecule has 186 valence electrons. The molecule has 3 atom stereocenters. The lowest BCUT2D eigenvalue weighted by atomic mass is 9.84. The van der Waals surface area contributed by atoms with Crippen molar-refractivity contribution >= 4 is 40.5 Å². The van der Waals surface area contributed by atoms with E-state index < -0.39 is 23.0 Å². The first-order chi connectivity index (χ1) is 17.4. The first-order valence-electron chi connectivity index (χ1n) is 11.9. The second-order valence-corrected chi connectivity index (χ2v) is 9.96. The Morgan fingerprint density at radius 3 is 1.97 bits per heavy atom. The summed E-state index contributed by atoms with van der Waals surface area (Å²) >= 11 is 12.3. The van der Waals surface area contributed by atoms with Crippen LogP contribution in [0.1, 0.15) is 42.5 Å². The zero-order valence-corrected chi connectivity index (χ0v) is 20.9. The van der Waals surface area contributed by atoms with Crippen LogP contribution in [0.4, 0.5) is 11.4 Å². The quantitative estimate of drug-likeness (QED) is 0.271. The zero-order chi connectivity index (χ0) is 25.2. The van der Waals surface area contributed by atoms with Crippen molar-refractivity contribution < 1.29 is 14.6 Å². The number of halogens is 2. The van der Waals surface area contributed by atoms with Gasteiger partial charge in [0.25, 0.3) is 5.69 Å². The largest absolute Gasteiger partial charge is 0.342 e. The van der Waals surface area contributed by atoms with Crippen LogP contribution in [0.5, 0.6) is 0 Å². The Hall–Kier alpha value is -3.13. The van der Waals surface area contributed by atoms with Gasteiger partial charge in [-0.15, -0.1) is 0 Å². The van der Waals surface area contributed by atoms with Gasteiger partial charge in [-0.05, 0) is 66.8 Å². The average Bonchev–Trinajstić information content (AvgIpc) is 3.30. The van der Waals surface area contributed by atoms with Crippen molar-refractivity contribution in [1.29, 1.82) is 0 Å². The molecule has 0 bridgehead atoms. The molecule has 0 N–H and O–H groups in total. The molecule has 0 aliphatic carbocycles. The van der Waals surface area contributed by atoms with E-state index in [0.29, 0.717) is 23.1 Å². The van der Waals surface area contributed by atoms with E-state index in [2.05, 4.69) is 0 Å². The number of nitro benzene ring substituents is 1. The maximum atomic E-state index is 14.1. The molecule has 3 aromatic carbocycles. The standard InChI is InChI=1S/C27H25Cl2N3O4/c28-20-8-4-19(5-9-20)26-24(27(33)30-16-2-1-3-17-30)25(18-6-12-23(13-7-18)32(34)35)31(36-26)22-14-10-21(29)11-15-22/h4-15,24-26H,1-3,16-17H2/t24-,25+,26+/m1/s1. The van der Waals surface area contributed by atoms with E-state index in [1.807, 2.05) is 29.2 Å². The van der Waals surface area contributed by atoms with Gasteiger partial charge in [-0.1, -0.05) is 47.5 Å². The third-order valence-corrected chi connectivity index (χ3v) is 7.33. The van der Waals surface area contributed by atoms with E-state index >= 15 is 0 Å². The van der Waals surface area contributed by atoms with E-state index in [4.69, 9.17) is 28.0 Å². The molecule has 9 heteroatoms. The van der Waals surface area contributed by atoms with Crippen molar-refractivity contribution in [2.75, 3.05) is 18.2 Å². The Bertz CT molecular complexity index is 1230. The number of hydroxylamine groups is 1. The summed E-state index contributed by atoms with van der Waals surface area (Å²) in [5.41, 5.74) is 2.31. The number of piperidine rings is 1. The normalized spacial score (nSPS) is 22.0. The van der Waals surface area contributed by atoms with E-state index in [9.17, 15) is 14.9 Å². The summed E-state index contributed by atoms with van der Waals surface area (Å²) in [6.45, 7) is 1.41. The highest BCUT2D eigenvalue weighted by molar-refractivity contribution is 6.30. The number of rotatable bonds is 5. The summed E-state index contributed by atoms with van der Waals surface area (Å²) in [5.74, 6) is -0.573. The van der Waals surface area contributed by atoms with Gasteiger partial charge in [-0.3, -0.25) is 19.7 Å². The number of likely N-dealkylation sites (tertiary alicyclic amines) is 1. The van der Waals surface area contributed by atoms with Crippen LogP contribution in [-0.4, -0.2) is 28.8 Å². The Balaban J connectivity index is 1.63. The summed E-state index contributed by atoms with van der Waals surface area (Å²) in [7, 11) is 0. The van der Waals surface area contributed by atoms with Gasteiger partial charge in [-0.25, -0.2) is 5.06 Å². The maximum Gasteiger partial charge on any atom is 0.269 e. The average molecular weight is 526 g/mol. The molecule has 2 fully saturated rings. The lowest BCUT2D eigenvalue weighted by molar-refractivity contribution is -0.384. The predicted molar refractivity (Wildman–Crippen MR) is 139 cm³/mol. The second-order valence-electron chi connectivity index (χ2n) is 9.08. The van der Waals surface area contributed by atoms with Crippen molar-refractivity contribution in [3.8, 4) is 0 Å². The molecule has 3 aromatic rings. The maximum absolute atomic E-state index is 14.1. The molecule has 2 heterocycles. The van der Waals surface area contributed by atoms with Crippen molar-refractivity contribution in [3.05, 3.63) is 104 Å². The second kappa shape index (κ2) is 10.5. The van der Waals surface area contributed by atoms with Crippen molar-refractivity contribution in [2.45, 2.75) is 31.4 Å². The molecule has 1 amide bonds. The van der Waals surface area contributed by atoms with Crippen LogP contribution in [0.2, 0.25) is 10.0 Å². The highest BCUT2D eigenvalue weighted by Crippen LogP contribution is 2.50. The SMILES string of the molecule is O=C([C@H]1[C@H](c2ccc(Cl)cc2)ON(c2ccc(Cl)cc2)[C@H]1c1ccc([N+](=O)[O-])cc1)N1CCCCC1. The highest BCUT2D eigenvalue weighted by atomic mass is 35.5. The number of nitrogens with zero attached hydrogens (tertiary/aromatic N) is 3. The van der Waals surface area contributed by atoms with Crippen LogP contribution >= 0.6 is 23.2 Å². The first-order valence-corrected chi connectivity index (χ1v) is 12.7. The topological polar surface area (TPSA) is 75.9 Å². The highest BCUT2D eigenvalue weighted by Gasteiger charge is 2.50. The Morgan fingerprint density at radius 2 is 1.39 bits per heavy atom. The van der Waals surface area contributed by atoms with Gasteiger partial charge in [0.2, 0.25) is 5.91 Å². The number of non-ortho nitro benzene ring substituents is 1. The summed E-state index contributed by atoms with van der Waals surface area (Å²) in [6.07, 6.45) is 2.46. The molecule has 0 spiro atoms. The minimum Gasteiger partial charge on any atom is -0.342 e. The fourth-order valence-corrected chi connectivity index (χ4v) is 5.27. The van der Waals surface area contributed by atoms with E-state index in [0.717, 1.165) is 36.1 Å². The van der Waals surface area contributed by atoms with Gasteiger partial charge in [0.05, 0.1) is 22.6 Å². The molecule has 2 aliphatic rings. The molecule has 0 unspecified atom stereocenters. The number of carbonyl (C=O) groups excluding carboxylic acids is 1. The van der Waals surface area contributed by atoms with Gasteiger partial charge < -0.3 is 4.90 Å². The number of hydrogen-bond acceptors (Lipinski definition) is 5. The van der Waals surface area contributed by atoms with Gasteiger partial charge in [-0.2, -0.15) is 0 Å². The molecule has 7 nitrogen and oxygen atoms in total. The zero-order valence-electron chi connectivity index (χ0n) is 19.4. The molecule has 5 rings (SSSR count). The molecule has 0 aromatic heterocycles. The van der Waals surface area contributed by atoms with Crippen LogP contribution in [0.3, 0.4) is 0 Å². The number of hydrogen-bond donors (Lipinski definition) is 0. The molecular formula is C27H25Cl2N3O4. The minimum atomic E-state index is -0.582. The third-order valence-electron chi connectivity index (χ3n) is 6.82.